The molecule has 2 aliphatic rings. The molecule has 0 saturated heterocycles. The zero-order chi connectivity index (χ0) is 26.5. The number of carbonyl (C=O) groups is 2. The summed E-state index contributed by atoms with van der Waals surface area (Å²) < 4.78 is 5.17. The maximum Gasteiger partial charge on any atom is 0.329 e. The van der Waals surface area contributed by atoms with Gasteiger partial charge in [0.1, 0.15) is 23.5 Å². The number of amides is 1. The Labute approximate surface area is 216 Å². The number of nitrogens with zero attached hydrogens (tertiary/aromatic N) is 4. The van der Waals surface area contributed by atoms with Gasteiger partial charge in [-0.2, -0.15) is 0 Å². The molecule has 10 heteroatoms. The molecule has 1 aromatic heterocycles. The Hall–Kier alpha value is -4.47. The first-order chi connectivity index (χ1) is 17.8. The summed E-state index contributed by atoms with van der Waals surface area (Å²) in [6, 6.07) is 11.4. The molecule has 0 saturated carbocycles. The van der Waals surface area contributed by atoms with E-state index in [2.05, 4.69) is 15.2 Å². The monoisotopic (exact) mass is 501 g/mol. The van der Waals surface area contributed by atoms with Gasteiger partial charge in [-0.1, -0.05) is 18.2 Å². The SMILES string of the molecule is CCOC(=O)C(C)N(C(=O)C1=CC2N=C(CNc3ccc(C(=N)N)cc3)N(C)C2C=C1)c1ccccn1. The Kier molecular flexibility index (Phi) is 7.66. The first kappa shape index (κ1) is 25.6. The van der Waals surface area contributed by atoms with Crippen LogP contribution in [0.15, 0.2) is 77.5 Å². The van der Waals surface area contributed by atoms with Crippen LogP contribution in [0.3, 0.4) is 0 Å². The van der Waals surface area contributed by atoms with E-state index in [0.29, 0.717) is 23.5 Å². The second-order valence-corrected chi connectivity index (χ2v) is 8.75. The van der Waals surface area contributed by atoms with Crippen molar-refractivity contribution in [1.82, 2.24) is 9.88 Å². The smallest absolute Gasteiger partial charge is 0.329 e. The summed E-state index contributed by atoms with van der Waals surface area (Å²) >= 11 is 0. The first-order valence-electron chi connectivity index (χ1n) is 12.1. The average molecular weight is 502 g/mol. The summed E-state index contributed by atoms with van der Waals surface area (Å²) in [5.74, 6) is 0.406. The largest absolute Gasteiger partial charge is 0.464 e. The molecule has 4 rings (SSSR count). The molecule has 0 radical (unpaired) electrons. The van der Waals surface area contributed by atoms with E-state index in [1.807, 2.05) is 31.3 Å². The molecular weight excluding hydrogens is 470 g/mol. The fourth-order valence-electron chi connectivity index (χ4n) is 4.30. The summed E-state index contributed by atoms with van der Waals surface area (Å²) in [5.41, 5.74) is 7.51. The van der Waals surface area contributed by atoms with Crippen molar-refractivity contribution >= 4 is 35.1 Å². The van der Waals surface area contributed by atoms with Crippen molar-refractivity contribution in [2.24, 2.45) is 10.7 Å². The number of anilines is 2. The normalized spacial score (nSPS) is 18.8. The number of esters is 1. The number of benzene rings is 1. The number of rotatable bonds is 9. The van der Waals surface area contributed by atoms with Crippen LogP contribution in [0.25, 0.3) is 0 Å². The Morgan fingerprint density at radius 1 is 1.24 bits per heavy atom. The van der Waals surface area contributed by atoms with Gasteiger partial charge in [-0.3, -0.25) is 20.1 Å². The van der Waals surface area contributed by atoms with Crippen LogP contribution in [0.2, 0.25) is 0 Å². The Morgan fingerprint density at radius 3 is 2.65 bits per heavy atom. The van der Waals surface area contributed by atoms with Crippen molar-refractivity contribution in [2.75, 3.05) is 30.4 Å². The molecule has 4 N–H and O–H groups in total. The molecule has 1 amide bonds. The van der Waals surface area contributed by atoms with Gasteiger partial charge < -0.3 is 20.7 Å². The molecule has 10 nitrogen and oxygen atoms in total. The number of hydrogen-bond donors (Lipinski definition) is 3. The van der Waals surface area contributed by atoms with Crippen molar-refractivity contribution in [1.29, 1.82) is 5.41 Å². The van der Waals surface area contributed by atoms with Crippen molar-refractivity contribution in [3.8, 4) is 0 Å². The van der Waals surface area contributed by atoms with Gasteiger partial charge >= 0.3 is 5.97 Å². The molecule has 3 atom stereocenters. The molecule has 0 spiro atoms. The zero-order valence-electron chi connectivity index (χ0n) is 21.1. The second kappa shape index (κ2) is 11.1. The van der Waals surface area contributed by atoms with Gasteiger partial charge in [0.05, 0.1) is 25.2 Å². The maximum absolute atomic E-state index is 13.6. The molecule has 3 unspecified atom stereocenters. The first-order valence-corrected chi connectivity index (χ1v) is 12.1. The topological polar surface area (TPSA) is 137 Å². The number of nitrogens with two attached hydrogens (primary N) is 1. The lowest BCUT2D eigenvalue weighted by Gasteiger charge is -2.29. The van der Waals surface area contributed by atoms with Gasteiger partial charge in [0.2, 0.25) is 0 Å². The number of hydrogen-bond acceptors (Lipinski definition) is 8. The minimum absolute atomic E-state index is 0.0146. The fourth-order valence-corrected chi connectivity index (χ4v) is 4.30. The van der Waals surface area contributed by atoms with Crippen molar-refractivity contribution in [3.05, 3.63) is 78.0 Å². The number of aromatic nitrogens is 1. The van der Waals surface area contributed by atoms with Crippen LogP contribution in [0, 0.1) is 5.41 Å². The van der Waals surface area contributed by atoms with Gasteiger partial charge in [-0.25, -0.2) is 9.78 Å². The van der Waals surface area contributed by atoms with Gasteiger partial charge in [-0.15, -0.1) is 0 Å². The molecule has 1 aromatic carbocycles. The highest BCUT2D eigenvalue weighted by atomic mass is 16.5. The summed E-state index contributed by atoms with van der Waals surface area (Å²) in [5, 5.41) is 10.9. The van der Waals surface area contributed by atoms with Crippen LogP contribution < -0.4 is 16.0 Å². The van der Waals surface area contributed by atoms with Gasteiger partial charge in [0.25, 0.3) is 5.91 Å². The molecule has 192 valence electrons. The van der Waals surface area contributed by atoms with Crippen LogP contribution >= 0.6 is 0 Å². The van der Waals surface area contributed by atoms with E-state index in [0.717, 1.165) is 11.5 Å². The van der Waals surface area contributed by atoms with E-state index in [4.69, 9.17) is 20.9 Å². The predicted molar refractivity (Wildman–Crippen MR) is 144 cm³/mol. The standard InChI is InChI=1S/C27H31N7O3/c1-4-37-27(36)17(2)34(23-7-5-6-14-30-23)26(35)19-10-13-22-21(15-19)32-24(33(22)3)16-31-20-11-8-18(9-12-20)25(28)29/h5-15,17,21-22,31H,4,16H2,1-3H3,(H3,28,29). The molecule has 2 heterocycles. The molecule has 1 aliphatic heterocycles. The lowest BCUT2D eigenvalue weighted by atomic mass is 9.97. The van der Waals surface area contributed by atoms with Crippen LogP contribution in [0.5, 0.6) is 0 Å². The molecule has 37 heavy (non-hydrogen) atoms. The number of ether oxygens (including phenoxy) is 1. The second-order valence-electron chi connectivity index (χ2n) is 8.75. The van der Waals surface area contributed by atoms with Crippen LogP contribution in [-0.2, 0) is 14.3 Å². The number of fused-ring (bicyclic) bond motifs is 1. The van der Waals surface area contributed by atoms with E-state index >= 15 is 0 Å². The minimum Gasteiger partial charge on any atom is -0.464 e. The molecule has 0 bridgehead atoms. The third-order valence-electron chi connectivity index (χ3n) is 6.35. The number of amidine groups is 2. The highest BCUT2D eigenvalue weighted by Crippen LogP contribution is 2.27. The van der Waals surface area contributed by atoms with Gasteiger partial charge in [0.15, 0.2) is 0 Å². The van der Waals surface area contributed by atoms with E-state index in [1.54, 1.807) is 56.5 Å². The van der Waals surface area contributed by atoms with Gasteiger partial charge in [0, 0.05) is 30.1 Å². The van der Waals surface area contributed by atoms with Crippen molar-refractivity contribution in [2.45, 2.75) is 32.0 Å². The van der Waals surface area contributed by atoms with Crippen molar-refractivity contribution in [3.63, 3.8) is 0 Å². The molecular formula is C27H31N7O3. The lowest BCUT2D eigenvalue weighted by molar-refractivity contribution is -0.145. The summed E-state index contributed by atoms with van der Waals surface area (Å²) in [4.78, 5) is 38.8. The van der Waals surface area contributed by atoms with Crippen LogP contribution in [0.4, 0.5) is 11.5 Å². The Morgan fingerprint density at radius 2 is 2.00 bits per heavy atom. The molecule has 1 aliphatic carbocycles. The number of aliphatic imine (C=N–C) groups is 1. The third kappa shape index (κ3) is 5.53. The Balaban J connectivity index is 1.52. The summed E-state index contributed by atoms with van der Waals surface area (Å²) in [7, 11) is 1.97. The van der Waals surface area contributed by atoms with Crippen LogP contribution in [-0.4, -0.2) is 71.8 Å². The van der Waals surface area contributed by atoms with Crippen molar-refractivity contribution < 1.29 is 14.3 Å². The van der Waals surface area contributed by atoms with Crippen LogP contribution in [0.1, 0.15) is 19.4 Å². The maximum atomic E-state index is 13.6. The average Bonchev–Trinajstić information content (AvgIpc) is 3.23. The van der Waals surface area contributed by atoms with Gasteiger partial charge in [-0.05, 0) is 56.3 Å². The van der Waals surface area contributed by atoms with E-state index < -0.39 is 12.0 Å². The molecule has 0 fully saturated rings. The quantitative estimate of drug-likeness (QED) is 0.272. The fraction of sp³-hybridized carbons (Fsp3) is 0.296. The predicted octanol–water partition coefficient (Wildman–Crippen LogP) is 2.34. The Bertz CT molecular complexity index is 1250. The number of nitrogen functional groups attached to an aromatic ring is 1. The number of pyridine rings is 1. The summed E-state index contributed by atoms with van der Waals surface area (Å²) in [6.45, 7) is 4.08. The summed E-state index contributed by atoms with van der Waals surface area (Å²) in [6.07, 6.45) is 7.16. The van der Waals surface area contributed by atoms with E-state index in [-0.39, 0.29) is 30.4 Å². The zero-order valence-corrected chi connectivity index (χ0v) is 21.1. The third-order valence-corrected chi connectivity index (χ3v) is 6.35. The highest BCUT2D eigenvalue weighted by Gasteiger charge is 2.36. The molecule has 2 aromatic rings. The highest BCUT2D eigenvalue weighted by molar-refractivity contribution is 6.10. The number of likely N-dealkylation sites (N-methyl/N-ethyl adjacent to an activating group) is 1. The lowest BCUT2D eigenvalue weighted by Crippen LogP contribution is -2.46. The van der Waals surface area contributed by atoms with E-state index in [9.17, 15) is 9.59 Å². The number of carbonyl (C=O) groups excluding carboxylic acids is 2. The number of nitrogens with one attached hydrogen (secondary N) is 2. The minimum atomic E-state index is -0.849. The van der Waals surface area contributed by atoms with E-state index in [1.165, 1.54) is 4.90 Å².